The van der Waals surface area contributed by atoms with E-state index in [0.717, 1.165) is 12.0 Å². The van der Waals surface area contributed by atoms with Crippen molar-refractivity contribution in [3.63, 3.8) is 0 Å². The Labute approximate surface area is 108 Å². The van der Waals surface area contributed by atoms with Gasteiger partial charge in [-0.15, -0.1) is 0 Å². The molecule has 0 fully saturated rings. The van der Waals surface area contributed by atoms with Crippen molar-refractivity contribution < 1.29 is 14.3 Å². The van der Waals surface area contributed by atoms with Crippen molar-refractivity contribution in [1.29, 1.82) is 0 Å². The molecule has 0 aliphatic rings. The Bertz CT molecular complexity index is 429. The maximum absolute atomic E-state index is 11.2. The molecule has 0 saturated heterocycles. The second-order valence-electron chi connectivity index (χ2n) is 4.01. The molecule has 1 rings (SSSR count). The number of methoxy groups -OCH3 is 2. The van der Waals surface area contributed by atoms with Gasteiger partial charge in [0.05, 0.1) is 14.2 Å². The second-order valence-corrected chi connectivity index (χ2v) is 4.01. The number of amides is 1. The van der Waals surface area contributed by atoms with E-state index in [-0.39, 0.29) is 11.9 Å². The lowest BCUT2D eigenvalue weighted by molar-refractivity contribution is -0.117. The van der Waals surface area contributed by atoms with Gasteiger partial charge in [0, 0.05) is 6.04 Å². The summed E-state index contributed by atoms with van der Waals surface area (Å²) in [7, 11) is 3.20. The lowest BCUT2D eigenvalue weighted by atomic mass is 10.1. The van der Waals surface area contributed by atoms with Crippen LogP contribution in [0.15, 0.2) is 30.9 Å². The van der Waals surface area contributed by atoms with Crippen molar-refractivity contribution in [3.8, 4) is 11.5 Å². The summed E-state index contributed by atoms with van der Waals surface area (Å²) in [6.45, 7) is 5.36. The quantitative estimate of drug-likeness (QED) is 0.784. The van der Waals surface area contributed by atoms with Crippen molar-refractivity contribution in [2.45, 2.75) is 19.4 Å². The molecule has 0 bridgehead atoms. The molecule has 1 amide bonds. The molecule has 0 radical (unpaired) electrons. The van der Waals surface area contributed by atoms with Gasteiger partial charge < -0.3 is 14.8 Å². The number of carbonyl (C=O) groups excluding carboxylic acids is 1. The highest BCUT2D eigenvalue weighted by Gasteiger charge is 2.09. The third kappa shape index (κ3) is 3.80. The Morgan fingerprint density at radius 3 is 2.61 bits per heavy atom. The summed E-state index contributed by atoms with van der Waals surface area (Å²) in [5.74, 6) is 1.23. The third-order valence-corrected chi connectivity index (χ3v) is 2.56. The van der Waals surface area contributed by atoms with Crippen LogP contribution >= 0.6 is 0 Å². The highest BCUT2D eigenvalue weighted by molar-refractivity contribution is 5.87. The molecule has 4 heteroatoms. The first-order valence-corrected chi connectivity index (χ1v) is 5.74. The first-order chi connectivity index (χ1) is 8.60. The predicted octanol–water partition coefficient (Wildman–Crippen LogP) is 1.94. The topological polar surface area (TPSA) is 47.6 Å². The minimum absolute atomic E-state index is 0.0357. The van der Waals surface area contributed by atoms with Gasteiger partial charge >= 0.3 is 0 Å². The molecule has 0 saturated carbocycles. The molecular formula is C14H19NO3. The number of rotatable bonds is 6. The van der Waals surface area contributed by atoms with E-state index in [0.29, 0.717) is 11.5 Å². The summed E-state index contributed by atoms with van der Waals surface area (Å²) in [4.78, 5) is 11.2. The summed E-state index contributed by atoms with van der Waals surface area (Å²) in [6, 6.07) is 5.76. The van der Waals surface area contributed by atoms with Crippen LogP contribution in [0, 0.1) is 0 Å². The van der Waals surface area contributed by atoms with E-state index >= 15 is 0 Å². The Kier molecular flexibility index (Phi) is 5.24. The van der Waals surface area contributed by atoms with Crippen molar-refractivity contribution in [2.75, 3.05) is 14.2 Å². The molecule has 1 atom stereocenters. The van der Waals surface area contributed by atoms with Crippen molar-refractivity contribution >= 4 is 5.91 Å². The van der Waals surface area contributed by atoms with Crippen LogP contribution in [0.1, 0.15) is 12.5 Å². The van der Waals surface area contributed by atoms with Gasteiger partial charge in [0.1, 0.15) is 0 Å². The van der Waals surface area contributed by atoms with Crippen LogP contribution in [0.5, 0.6) is 11.5 Å². The number of hydrogen-bond donors (Lipinski definition) is 1. The van der Waals surface area contributed by atoms with E-state index in [1.165, 1.54) is 6.08 Å². The molecule has 0 spiro atoms. The summed E-state index contributed by atoms with van der Waals surface area (Å²) in [5, 5.41) is 2.82. The molecule has 1 aromatic rings. The van der Waals surface area contributed by atoms with Crippen LogP contribution in [0.25, 0.3) is 0 Å². The molecule has 1 N–H and O–H groups in total. The lowest BCUT2D eigenvalue weighted by Crippen LogP contribution is -2.32. The minimum Gasteiger partial charge on any atom is -0.493 e. The van der Waals surface area contributed by atoms with Gasteiger partial charge in [-0.25, -0.2) is 0 Å². The molecule has 18 heavy (non-hydrogen) atoms. The fourth-order valence-corrected chi connectivity index (χ4v) is 1.71. The van der Waals surface area contributed by atoms with Crippen LogP contribution in [0.4, 0.5) is 0 Å². The van der Waals surface area contributed by atoms with Gasteiger partial charge in [0.25, 0.3) is 0 Å². The first-order valence-electron chi connectivity index (χ1n) is 5.74. The zero-order chi connectivity index (χ0) is 13.5. The molecule has 0 aliphatic heterocycles. The number of hydrogen-bond acceptors (Lipinski definition) is 3. The minimum atomic E-state index is -0.164. The van der Waals surface area contributed by atoms with Gasteiger partial charge in [-0.3, -0.25) is 4.79 Å². The number of benzene rings is 1. The van der Waals surface area contributed by atoms with E-state index in [9.17, 15) is 4.79 Å². The van der Waals surface area contributed by atoms with E-state index in [1.807, 2.05) is 25.1 Å². The smallest absolute Gasteiger partial charge is 0.243 e. The fraction of sp³-hybridized carbons (Fsp3) is 0.357. The molecule has 0 aliphatic carbocycles. The number of carbonyl (C=O) groups is 1. The van der Waals surface area contributed by atoms with Gasteiger partial charge in [0.2, 0.25) is 5.91 Å². The normalized spacial score (nSPS) is 11.5. The Hall–Kier alpha value is -1.97. The van der Waals surface area contributed by atoms with Gasteiger partial charge in [-0.1, -0.05) is 12.6 Å². The molecule has 1 unspecified atom stereocenters. The zero-order valence-electron chi connectivity index (χ0n) is 11.0. The van der Waals surface area contributed by atoms with Crippen LogP contribution in [0.3, 0.4) is 0 Å². The predicted molar refractivity (Wildman–Crippen MR) is 71.1 cm³/mol. The molecule has 0 aromatic heterocycles. The lowest BCUT2D eigenvalue weighted by Gasteiger charge is -2.14. The van der Waals surface area contributed by atoms with E-state index in [1.54, 1.807) is 14.2 Å². The summed E-state index contributed by atoms with van der Waals surface area (Å²) in [5.41, 5.74) is 1.07. The molecule has 4 nitrogen and oxygen atoms in total. The van der Waals surface area contributed by atoms with Crippen LogP contribution < -0.4 is 14.8 Å². The molecular weight excluding hydrogens is 230 g/mol. The summed E-state index contributed by atoms with van der Waals surface area (Å²) in [6.07, 6.45) is 1.99. The van der Waals surface area contributed by atoms with E-state index in [2.05, 4.69) is 11.9 Å². The molecule has 0 heterocycles. The molecule has 98 valence electrons. The zero-order valence-corrected chi connectivity index (χ0v) is 11.0. The van der Waals surface area contributed by atoms with Crippen molar-refractivity contribution in [1.82, 2.24) is 5.32 Å². The first kappa shape index (κ1) is 14.1. The summed E-state index contributed by atoms with van der Waals surface area (Å²) >= 11 is 0. The molecule has 1 aromatic carbocycles. The van der Waals surface area contributed by atoms with Gasteiger partial charge in [-0.2, -0.15) is 0 Å². The summed E-state index contributed by atoms with van der Waals surface area (Å²) < 4.78 is 10.4. The average Bonchev–Trinajstić information content (AvgIpc) is 2.38. The highest BCUT2D eigenvalue weighted by atomic mass is 16.5. The maximum atomic E-state index is 11.2. The van der Waals surface area contributed by atoms with Crippen molar-refractivity contribution in [2.24, 2.45) is 0 Å². The SMILES string of the molecule is C=CC(=O)NC(C)Cc1ccc(OC)c(OC)c1. The van der Waals surface area contributed by atoms with E-state index in [4.69, 9.17) is 9.47 Å². The standard InChI is InChI=1S/C14H19NO3/c1-5-14(16)15-10(2)8-11-6-7-12(17-3)13(9-11)18-4/h5-7,9-10H,1,8H2,2-4H3,(H,15,16). The highest BCUT2D eigenvalue weighted by Crippen LogP contribution is 2.27. The van der Waals surface area contributed by atoms with Gasteiger partial charge in [0.15, 0.2) is 11.5 Å². The van der Waals surface area contributed by atoms with Crippen LogP contribution in [-0.2, 0) is 11.2 Å². The number of nitrogens with one attached hydrogen (secondary N) is 1. The second kappa shape index (κ2) is 6.69. The Balaban J connectivity index is 2.72. The van der Waals surface area contributed by atoms with E-state index < -0.39 is 0 Å². The van der Waals surface area contributed by atoms with Gasteiger partial charge in [-0.05, 0) is 37.1 Å². The maximum Gasteiger partial charge on any atom is 0.243 e. The van der Waals surface area contributed by atoms with Crippen molar-refractivity contribution in [3.05, 3.63) is 36.4 Å². The Morgan fingerprint density at radius 2 is 2.06 bits per heavy atom. The number of ether oxygens (including phenoxy) is 2. The monoisotopic (exact) mass is 249 g/mol. The largest absolute Gasteiger partial charge is 0.493 e. The van der Waals surface area contributed by atoms with Crippen LogP contribution in [-0.4, -0.2) is 26.2 Å². The van der Waals surface area contributed by atoms with Crippen LogP contribution in [0.2, 0.25) is 0 Å². The third-order valence-electron chi connectivity index (χ3n) is 2.56. The average molecular weight is 249 g/mol. The fourth-order valence-electron chi connectivity index (χ4n) is 1.71. The Morgan fingerprint density at radius 1 is 1.39 bits per heavy atom.